The van der Waals surface area contributed by atoms with Crippen LogP contribution in [0.15, 0.2) is 4.42 Å². The quantitative estimate of drug-likeness (QED) is 0.755. The molecule has 0 bridgehead atoms. The van der Waals surface area contributed by atoms with Crippen LogP contribution in [0.5, 0.6) is 0 Å². The summed E-state index contributed by atoms with van der Waals surface area (Å²) in [5.41, 5.74) is 0.794. The Morgan fingerprint density at radius 1 is 1.62 bits per heavy atom. The van der Waals surface area contributed by atoms with Gasteiger partial charge >= 0.3 is 0 Å². The van der Waals surface area contributed by atoms with Gasteiger partial charge in [0.05, 0.1) is 5.69 Å². The molecule has 4 heteroatoms. The SMILES string of the molecule is Cc1nc(C2CCCNC2)oc1Cl. The number of nitrogens with one attached hydrogen (secondary N) is 1. The number of aromatic nitrogens is 1. The van der Waals surface area contributed by atoms with Gasteiger partial charge in [-0.3, -0.25) is 0 Å². The summed E-state index contributed by atoms with van der Waals surface area (Å²) in [6.07, 6.45) is 2.33. The molecule has 2 heterocycles. The normalized spacial score (nSPS) is 23.4. The number of oxazole rings is 1. The van der Waals surface area contributed by atoms with E-state index in [0.717, 1.165) is 31.1 Å². The van der Waals surface area contributed by atoms with Crippen molar-refractivity contribution >= 4 is 11.6 Å². The van der Waals surface area contributed by atoms with Gasteiger partial charge in [0, 0.05) is 12.5 Å². The van der Waals surface area contributed by atoms with Gasteiger partial charge in [0.2, 0.25) is 11.1 Å². The van der Waals surface area contributed by atoms with E-state index in [2.05, 4.69) is 10.3 Å². The predicted molar refractivity (Wildman–Crippen MR) is 51.1 cm³/mol. The number of rotatable bonds is 1. The van der Waals surface area contributed by atoms with E-state index in [-0.39, 0.29) is 0 Å². The van der Waals surface area contributed by atoms with Crippen LogP contribution in [0.3, 0.4) is 0 Å². The molecule has 1 aromatic heterocycles. The fourth-order valence-electron chi connectivity index (χ4n) is 1.63. The summed E-state index contributed by atoms with van der Waals surface area (Å²) >= 11 is 5.80. The van der Waals surface area contributed by atoms with Crippen LogP contribution in [0.25, 0.3) is 0 Å². The maximum atomic E-state index is 5.80. The van der Waals surface area contributed by atoms with Crippen LogP contribution in [-0.2, 0) is 0 Å². The lowest BCUT2D eigenvalue weighted by Crippen LogP contribution is -2.28. The number of hydrogen-bond acceptors (Lipinski definition) is 3. The van der Waals surface area contributed by atoms with E-state index < -0.39 is 0 Å². The van der Waals surface area contributed by atoms with E-state index in [1.54, 1.807) is 0 Å². The molecule has 1 saturated heterocycles. The Kier molecular flexibility index (Phi) is 2.56. The summed E-state index contributed by atoms with van der Waals surface area (Å²) in [6.45, 7) is 3.92. The van der Waals surface area contributed by atoms with Crippen molar-refractivity contribution in [2.45, 2.75) is 25.7 Å². The standard InChI is InChI=1S/C9H13ClN2O/c1-6-8(10)13-9(12-6)7-3-2-4-11-5-7/h7,11H,2-5H2,1H3. The Morgan fingerprint density at radius 2 is 2.46 bits per heavy atom. The maximum absolute atomic E-state index is 5.80. The first kappa shape index (κ1) is 9.03. The second-order valence-corrected chi connectivity index (χ2v) is 3.80. The molecular formula is C9H13ClN2O. The minimum absolute atomic E-state index is 0.403. The van der Waals surface area contributed by atoms with Crippen molar-refractivity contribution in [3.63, 3.8) is 0 Å². The van der Waals surface area contributed by atoms with Crippen molar-refractivity contribution < 1.29 is 4.42 Å². The third kappa shape index (κ3) is 1.86. The molecular weight excluding hydrogens is 188 g/mol. The molecule has 0 aromatic carbocycles. The first-order valence-corrected chi connectivity index (χ1v) is 4.98. The summed E-state index contributed by atoms with van der Waals surface area (Å²) in [7, 11) is 0. The van der Waals surface area contributed by atoms with Crippen molar-refractivity contribution in [1.82, 2.24) is 10.3 Å². The summed E-state index contributed by atoms with van der Waals surface area (Å²) in [4.78, 5) is 4.30. The third-order valence-electron chi connectivity index (χ3n) is 2.40. The second-order valence-electron chi connectivity index (χ2n) is 3.45. The summed E-state index contributed by atoms with van der Waals surface area (Å²) in [5.74, 6) is 1.19. The van der Waals surface area contributed by atoms with E-state index in [1.165, 1.54) is 6.42 Å². The molecule has 13 heavy (non-hydrogen) atoms. The van der Waals surface area contributed by atoms with Gasteiger partial charge < -0.3 is 9.73 Å². The highest BCUT2D eigenvalue weighted by molar-refractivity contribution is 6.29. The molecule has 0 saturated carbocycles. The number of aryl methyl sites for hydroxylation is 1. The molecule has 0 spiro atoms. The van der Waals surface area contributed by atoms with Gasteiger partial charge in [0.15, 0.2) is 0 Å². The Bertz CT molecular complexity index is 272. The Hall–Kier alpha value is -0.540. The van der Waals surface area contributed by atoms with E-state index in [4.69, 9.17) is 16.0 Å². The molecule has 72 valence electrons. The Morgan fingerprint density at radius 3 is 3.00 bits per heavy atom. The molecule has 0 aliphatic carbocycles. The Balaban J connectivity index is 2.14. The number of piperidine rings is 1. The fraction of sp³-hybridized carbons (Fsp3) is 0.667. The Labute approximate surface area is 82.5 Å². The molecule has 0 radical (unpaired) electrons. The number of nitrogens with zero attached hydrogens (tertiary/aromatic N) is 1. The van der Waals surface area contributed by atoms with Crippen LogP contribution in [0, 0.1) is 6.92 Å². The van der Waals surface area contributed by atoms with Crippen molar-refractivity contribution in [2.75, 3.05) is 13.1 Å². The van der Waals surface area contributed by atoms with Crippen molar-refractivity contribution in [2.24, 2.45) is 0 Å². The predicted octanol–water partition coefficient (Wildman–Crippen LogP) is 2.10. The lowest BCUT2D eigenvalue weighted by molar-refractivity contribution is 0.377. The molecule has 1 aliphatic heterocycles. The van der Waals surface area contributed by atoms with Crippen molar-refractivity contribution in [3.8, 4) is 0 Å². The van der Waals surface area contributed by atoms with E-state index >= 15 is 0 Å². The number of halogens is 1. The van der Waals surface area contributed by atoms with Crippen LogP contribution < -0.4 is 5.32 Å². The van der Waals surface area contributed by atoms with Gasteiger partial charge in [0.25, 0.3) is 0 Å². The molecule has 1 N–H and O–H groups in total. The average molecular weight is 201 g/mol. The molecule has 3 nitrogen and oxygen atoms in total. The summed E-state index contributed by atoms with van der Waals surface area (Å²) in [5, 5.41) is 3.75. The third-order valence-corrected chi connectivity index (χ3v) is 2.75. The second kappa shape index (κ2) is 3.68. The first-order chi connectivity index (χ1) is 6.27. The monoisotopic (exact) mass is 200 g/mol. The van der Waals surface area contributed by atoms with Gasteiger partial charge in [-0.25, -0.2) is 4.98 Å². The first-order valence-electron chi connectivity index (χ1n) is 4.61. The zero-order chi connectivity index (χ0) is 9.26. The molecule has 1 unspecified atom stereocenters. The average Bonchev–Trinajstić information content (AvgIpc) is 2.49. The minimum Gasteiger partial charge on any atom is -0.429 e. The van der Waals surface area contributed by atoms with Crippen LogP contribution >= 0.6 is 11.6 Å². The molecule has 1 aromatic rings. The van der Waals surface area contributed by atoms with Crippen LogP contribution in [0.4, 0.5) is 0 Å². The van der Waals surface area contributed by atoms with Gasteiger partial charge in [0.1, 0.15) is 0 Å². The smallest absolute Gasteiger partial charge is 0.216 e. The molecule has 0 amide bonds. The van der Waals surface area contributed by atoms with E-state index in [0.29, 0.717) is 11.1 Å². The molecule has 1 atom stereocenters. The van der Waals surface area contributed by atoms with Gasteiger partial charge in [-0.1, -0.05) is 0 Å². The maximum Gasteiger partial charge on any atom is 0.216 e. The topological polar surface area (TPSA) is 38.1 Å². The van der Waals surface area contributed by atoms with Crippen molar-refractivity contribution in [3.05, 3.63) is 16.8 Å². The zero-order valence-corrected chi connectivity index (χ0v) is 8.40. The van der Waals surface area contributed by atoms with Gasteiger partial charge in [-0.15, -0.1) is 0 Å². The van der Waals surface area contributed by atoms with E-state index in [9.17, 15) is 0 Å². The van der Waals surface area contributed by atoms with Crippen LogP contribution in [-0.4, -0.2) is 18.1 Å². The summed E-state index contributed by atoms with van der Waals surface area (Å²) < 4.78 is 5.37. The van der Waals surface area contributed by atoms with Gasteiger partial charge in [-0.05, 0) is 37.9 Å². The lowest BCUT2D eigenvalue weighted by Gasteiger charge is -2.19. The van der Waals surface area contributed by atoms with Crippen LogP contribution in [0.2, 0.25) is 5.22 Å². The molecule has 2 rings (SSSR count). The minimum atomic E-state index is 0.403. The molecule has 1 fully saturated rings. The molecule has 1 aliphatic rings. The highest BCUT2D eigenvalue weighted by Gasteiger charge is 2.20. The lowest BCUT2D eigenvalue weighted by atomic mass is 10.00. The van der Waals surface area contributed by atoms with Gasteiger partial charge in [-0.2, -0.15) is 0 Å². The van der Waals surface area contributed by atoms with Crippen molar-refractivity contribution in [1.29, 1.82) is 0 Å². The van der Waals surface area contributed by atoms with E-state index in [1.807, 2.05) is 6.92 Å². The highest BCUT2D eigenvalue weighted by Crippen LogP contribution is 2.26. The fourth-order valence-corrected chi connectivity index (χ4v) is 1.76. The largest absolute Gasteiger partial charge is 0.429 e. The highest BCUT2D eigenvalue weighted by atomic mass is 35.5. The summed E-state index contributed by atoms with van der Waals surface area (Å²) in [6, 6.07) is 0. The zero-order valence-electron chi connectivity index (χ0n) is 7.64. The number of hydrogen-bond donors (Lipinski definition) is 1. The van der Waals surface area contributed by atoms with Crippen LogP contribution in [0.1, 0.15) is 30.3 Å².